The highest BCUT2D eigenvalue weighted by molar-refractivity contribution is 6.13. The first kappa shape index (κ1) is 18.2. The summed E-state index contributed by atoms with van der Waals surface area (Å²) in [5.74, 6) is 0.520. The Balaban J connectivity index is 1.58. The van der Waals surface area contributed by atoms with Crippen LogP contribution < -0.4 is 15.4 Å². The van der Waals surface area contributed by atoms with Gasteiger partial charge in [-0.3, -0.25) is 9.59 Å². The van der Waals surface area contributed by atoms with Gasteiger partial charge < -0.3 is 20.4 Å². The molecular weight excluding hydrogens is 330 g/mol. The third-order valence-electron chi connectivity index (χ3n) is 4.35. The number of ketones is 1. The molecule has 2 aromatic rings. The number of aromatic amines is 1. The predicted molar refractivity (Wildman–Crippen MR) is 101 cm³/mol. The molecule has 3 rings (SSSR count). The Hall–Kier alpha value is -2.60. The van der Waals surface area contributed by atoms with Crippen molar-refractivity contribution >= 4 is 17.4 Å². The first-order valence-electron chi connectivity index (χ1n) is 9.05. The average molecular weight is 355 g/mol. The zero-order valence-corrected chi connectivity index (χ0v) is 15.2. The lowest BCUT2D eigenvalue weighted by Gasteiger charge is -2.12. The summed E-state index contributed by atoms with van der Waals surface area (Å²) in [6.07, 6.45) is 3.78. The van der Waals surface area contributed by atoms with Gasteiger partial charge in [0.15, 0.2) is 5.78 Å². The minimum atomic E-state index is -0.271. The van der Waals surface area contributed by atoms with E-state index in [0.29, 0.717) is 35.9 Å². The lowest BCUT2D eigenvalue weighted by Crippen LogP contribution is -2.27. The number of ether oxygens (including phenoxy) is 1. The van der Waals surface area contributed by atoms with Crippen LogP contribution in [-0.2, 0) is 6.42 Å². The summed E-state index contributed by atoms with van der Waals surface area (Å²) < 4.78 is 5.65. The molecule has 1 aromatic heterocycles. The Kier molecular flexibility index (Phi) is 5.73. The summed E-state index contributed by atoms with van der Waals surface area (Å²) in [6.45, 7) is 5.55. The summed E-state index contributed by atoms with van der Waals surface area (Å²) in [4.78, 5) is 27.7. The standard InChI is InChI=1S/C20H25N3O3/c1-13(2)21-10-11-26-15-8-6-14(7-9-15)23-20(25)16-12-22-17-4-3-5-18(24)19(16)17/h6-9,12-13,21-22H,3-5,10-11H2,1-2H3,(H,23,25). The Labute approximate surface area is 153 Å². The van der Waals surface area contributed by atoms with Crippen LogP contribution >= 0.6 is 0 Å². The van der Waals surface area contributed by atoms with Crippen molar-refractivity contribution in [2.45, 2.75) is 39.2 Å². The number of fused-ring (bicyclic) bond motifs is 1. The minimum Gasteiger partial charge on any atom is -0.492 e. The van der Waals surface area contributed by atoms with E-state index in [1.54, 1.807) is 18.3 Å². The van der Waals surface area contributed by atoms with Gasteiger partial charge in [0.2, 0.25) is 0 Å². The van der Waals surface area contributed by atoms with Crippen molar-refractivity contribution in [2.24, 2.45) is 0 Å². The summed E-state index contributed by atoms with van der Waals surface area (Å²) in [6, 6.07) is 7.67. The number of aromatic nitrogens is 1. The first-order chi connectivity index (χ1) is 12.5. The van der Waals surface area contributed by atoms with E-state index in [-0.39, 0.29) is 11.7 Å². The molecule has 1 aliphatic carbocycles. The van der Waals surface area contributed by atoms with Crippen molar-refractivity contribution in [3.8, 4) is 5.75 Å². The number of hydrogen-bond donors (Lipinski definition) is 3. The van der Waals surface area contributed by atoms with E-state index in [9.17, 15) is 9.59 Å². The molecule has 6 nitrogen and oxygen atoms in total. The highest BCUT2D eigenvalue weighted by Gasteiger charge is 2.25. The highest BCUT2D eigenvalue weighted by atomic mass is 16.5. The number of benzene rings is 1. The topological polar surface area (TPSA) is 83.2 Å². The lowest BCUT2D eigenvalue weighted by atomic mass is 9.93. The quantitative estimate of drug-likeness (QED) is 0.666. The maximum Gasteiger partial charge on any atom is 0.257 e. The molecule has 1 aromatic carbocycles. The van der Waals surface area contributed by atoms with E-state index >= 15 is 0 Å². The first-order valence-corrected chi connectivity index (χ1v) is 9.05. The minimum absolute atomic E-state index is 0.0383. The molecule has 0 unspecified atom stereocenters. The van der Waals surface area contributed by atoms with E-state index in [1.807, 2.05) is 12.1 Å². The molecule has 138 valence electrons. The molecule has 3 N–H and O–H groups in total. The van der Waals surface area contributed by atoms with E-state index in [1.165, 1.54) is 0 Å². The molecule has 0 bridgehead atoms. The third kappa shape index (κ3) is 4.32. The number of rotatable bonds is 7. The van der Waals surface area contributed by atoms with Crippen molar-refractivity contribution in [1.82, 2.24) is 10.3 Å². The van der Waals surface area contributed by atoms with Gasteiger partial charge >= 0.3 is 0 Å². The van der Waals surface area contributed by atoms with Crippen LogP contribution in [0.5, 0.6) is 5.75 Å². The van der Waals surface area contributed by atoms with Crippen LogP contribution in [0.2, 0.25) is 0 Å². The fourth-order valence-corrected chi connectivity index (χ4v) is 3.06. The number of aryl methyl sites for hydroxylation is 1. The van der Waals surface area contributed by atoms with Crippen LogP contribution in [0.3, 0.4) is 0 Å². The summed E-state index contributed by atoms with van der Waals surface area (Å²) in [5.41, 5.74) is 2.50. The second-order valence-electron chi connectivity index (χ2n) is 6.77. The van der Waals surface area contributed by atoms with Crippen LogP contribution in [0.15, 0.2) is 30.5 Å². The number of Topliss-reactive ketones (excluding diaryl/α,β-unsaturated/α-hetero) is 1. The second-order valence-corrected chi connectivity index (χ2v) is 6.77. The molecule has 0 spiro atoms. The summed E-state index contributed by atoms with van der Waals surface area (Å²) >= 11 is 0. The van der Waals surface area contributed by atoms with Gasteiger partial charge in [-0.25, -0.2) is 0 Å². The van der Waals surface area contributed by atoms with Crippen LogP contribution in [0.4, 0.5) is 5.69 Å². The van der Waals surface area contributed by atoms with Gasteiger partial charge in [0.25, 0.3) is 5.91 Å². The molecule has 1 amide bonds. The zero-order chi connectivity index (χ0) is 18.5. The van der Waals surface area contributed by atoms with Crippen molar-refractivity contribution in [2.75, 3.05) is 18.5 Å². The Morgan fingerprint density at radius 2 is 2.00 bits per heavy atom. The number of carbonyl (C=O) groups excluding carboxylic acids is 2. The molecular formula is C20H25N3O3. The maximum absolute atomic E-state index is 12.5. The van der Waals surface area contributed by atoms with Crippen LogP contribution in [0.1, 0.15) is 53.1 Å². The van der Waals surface area contributed by atoms with E-state index in [2.05, 4.69) is 29.5 Å². The van der Waals surface area contributed by atoms with Crippen molar-refractivity contribution < 1.29 is 14.3 Å². The largest absolute Gasteiger partial charge is 0.492 e. The molecule has 0 aliphatic heterocycles. The van der Waals surface area contributed by atoms with Crippen molar-refractivity contribution in [1.29, 1.82) is 0 Å². The maximum atomic E-state index is 12.5. The Morgan fingerprint density at radius 3 is 2.73 bits per heavy atom. The number of carbonyl (C=O) groups is 2. The number of anilines is 1. The monoisotopic (exact) mass is 355 g/mol. The number of amides is 1. The summed E-state index contributed by atoms with van der Waals surface area (Å²) in [7, 11) is 0. The summed E-state index contributed by atoms with van der Waals surface area (Å²) in [5, 5.41) is 6.13. The molecule has 0 atom stereocenters. The van der Waals surface area contributed by atoms with Crippen LogP contribution in [-0.4, -0.2) is 35.9 Å². The Morgan fingerprint density at radius 1 is 1.23 bits per heavy atom. The lowest BCUT2D eigenvalue weighted by molar-refractivity contribution is 0.0956. The molecule has 6 heteroatoms. The SMILES string of the molecule is CC(C)NCCOc1ccc(NC(=O)c2c[nH]c3c2C(=O)CCC3)cc1. The fraction of sp³-hybridized carbons (Fsp3) is 0.400. The van der Waals surface area contributed by atoms with E-state index < -0.39 is 0 Å². The zero-order valence-electron chi connectivity index (χ0n) is 15.2. The number of hydrogen-bond acceptors (Lipinski definition) is 4. The van der Waals surface area contributed by atoms with Crippen molar-refractivity contribution in [3.63, 3.8) is 0 Å². The third-order valence-corrected chi connectivity index (χ3v) is 4.35. The number of H-pyrrole nitrogens is 1. The molecule has 1 aliphatic rings. The highest BCUT2D eigenvalue weighted by Crippen LogP contribution is 2.25. The smallest absolute Gasteiger partial charge is 0.257 e. The Bertz CT molecular complexity index is 778. The van der Waals surface area contributed by atoms with Gasteiger partial charge in [-0.15, -0.1) is 0 Å². The molecule has 1 heterocycles. The molecule has 0 saturated heterocycles. The van der Waals surface area contributed by atoms with Gasteiger partial charge in [-0.2, -0.15) is 0 Å². The van der Waals surface area contributed by atoms with Crippen LogP contribution in [0.25, 0.3) is 0 Å². The predicted octanol–water partition coefficient (Wildman–Crippen LogP) is 3.16. The van der Waals surface area contributed by atoms with E-state index in [4.69, 9.17) is 4.74 Å². The average Bonchev–Trinajstić information content (AvgIpc) is 3.05. The number of nitrogens with one attached hydrogen (secondary N) is 3. The van der Waals surface area contributed by atoms with Gasteiger partial charge in [-0.05, 0) is 37.1 Å². The van der Waals surface area contributed by atoms with Gasteiger partial charge in [0.1, 0.15) is 12.4 Å². The fourth-order valence-electron chi connectivity index (χ4n) is 3.06. The van der Waals surface area contributed by atoms with Gasteiger partial charge in [0, 0.05) is 36.6 Å². The normalized spacial score (nSPS) is 13.6. The molecule has 0 radical (unpaired) electrons. The van der Waals surface area contributed by atoms with Gasteiger partial charge in [-0.1, -0.05) is 13.8 Å². The van der Waals surface area contributed by atoms with Crippen LogP contribution in [0, 0.1) is 0 Å². The van der Waals surface area contributed by atoms with Crippen molar-refractivity contribution in [3.05, 3.63) is 47.3 Å². The van der Waals surface area contributed by atoms with Gasteiger partial charge in [0.05, 0.1) is 11.1 Å². The second kappa shape index (κ2) is 8.19. The molecule has 26 heavy (non-hydrogen) atoms. The van der Waals surface area contributed by atoms with E-state index in [0.717, 1.165) is 30.8 Å². The molecule has 0 fully saturated rings. The molecule has 0 saturated carbocycles.